The van der Waals surface area contributed by atoms with E-state index in [2.05, 4.69) is 0 Å². The van der Waals surface area contributed by atoms with Gasteiger partial charge in [-0.15, -0.1) is 0 Å². The summed E-state index contributed by atoms with van der Waals surface area (Å²) in [4.78, 5) is 11.6. The highest BCUT2D eigenvalue weighted by Crippen LogP contribution is 2.28. The van der Waals surface area contributed by atoms with E-state index in [-0.39, 0.29) is 17.5 Å². The molecule has 3 rings (SSSR count). The largest absolute Gasteiger partial charge is 0.489 e. The zero-order valence-corrected chi connectivity index (χ0v) is 15.4. The van der Waals surface area contributed by atoms with Crippen molar-refractivity contribution in [3.8, 4) is 5.75 Å². The fourth-order valence-corrected chi connectivity index (χ4v) is 4.82. The summed E-state index contributed by atoms with van der Waals surface area (Å²) in [7, 11) is -3.64. The van der Waals surface area contributed by atoms with Gasteiger partial charge in [0.25, 0.3) is 0 Å². The van der Waals surface area contributed by atoms with Gasteiger partial charge >= 0.3 is 5.63 Å². The molecule has 0 bridgehead atoms. The summed E-state index contributed by atoms with van der Waals surface area (Å²) in [6.07, 6.45) is 0.216. The molecule has 2 aromatic rings. The smallest absolute Gasteiger partial charge is 0.339 e. The third-order valence-corrected chi connectivity index (χ3v) is 6.53. The van der Waals surface area contributed by atoms with Crippen LogP contribution in [0.4, 0.5) is 0 Å². The van der Waals surface area contributed by atoms with E-state index in [1.54, 1.807) is 38.1 Å². The number of sulfonamides is 1. The molecule has 0 amide bonds. The highest BCUT2D eigenvalue weighted by molar-refractivity contribution is 7.89. The minimum atomic E-state index is -3.64. The third-order valence-electron chi connectivity index (χ3n) is 4.11. The molecule has 0 radical (unpaired) electrons. The lowest BCUT2D eigenvalue weighted by Crippen LogP contribution is -2.31. The molecule has 6 nitrogen and oxygen atoms in total. The predicted octanol–water partition coefficient (Wildman–Crippen LogP) is 2.75. The van der Waals surface area contributed by atoms with Crippen LogP contribution in [0.25, 0.3) is 0 Å². The van der Waals surface area contributed by atoms with E-state index in [1.807, 2.05) is 0 Å². The van der Waals surface area contributed by atoms with Gasteiger partial charge in [0, 0.05) is 17.6 Å². The topological polar surface area (TPSA) is 76.8 Å². The average molecular weight is 384 g/mol. The van der Waals surface area contributed by atoms with Crippen molar-refractivity contribution in [3.63, 3.8) is 0 Å². The Balaban J connectivity index is 1.78. The molecule has 0 N–H and O–H groups in total. The third kappa shape index (κ3) is 3.73. The van der Waals surface area contributed by atoms with Crippen LogP contribution >= 0.6 is 11.6 Å². The summed E-state index contributed by atoms with van der Waals surface area (Å²) < 4.78 is 37.7. The van der Waals surface area contributed by atoms with Crippen LogP contribution in [0, 0.1) is 13.8 Å². The lowest BCUT2D eigenvalue weighted by atomic mass is 10.2. The van der Waals surface area contributed by atoms with Crippen molar-refractivity contribution in [1.82, 2.24) is 4.31 Å². The minimum absolute atomic E-state index is 0.205. The maximum atomic E-state index is 12.9. The van der Waals surface area contributed by atoms with E-state index in [1.165, 1.54) is 10.4 Å². The first-order valence-corrected chi connectivity index (χ1v) is 9.63. The molecule has 1 atom stereocenters. The van der Waals surface area contributed by atoms with Gasteiger partial charge in [0.2, 0.25) is 10.0 Å². The van der Waals surface area contributed by atoms with Crippen molar-refractivity contribution in [2.24, 2.45) is 0 Å². The van der Waals surface area contributed by atoms with Crippen LogP contribution in [0.5, 0.6) is 5.75 Å². The predicted molar refractivity (Wildman–Crippen MR) is 93.7 cm³/mol. The Labute approximate surface area is 151 Å². The van der Waals surface area contributed by atoms with Gasteiger partial charge in [-0.3, -0.25) is 0 Å². The molecular formula is C17H18ClNO5S. The van der Waals surface area contributed by atoms with Gasteiger partial charge in [0.15, 0.2) is 0 Å². The maximum absolute atomic E-state index is 12.9. The first kappa shape index (κ1) is 18.0. The Bertz CT molecular complexity index is 954. The molecule has 1 aliphatic rings. The van der Waals surface area contributed by atoms with Gasteiger partial charge in [-0.2, -0.15) is 4.31 Å². The van der Waals surface area contributed by atoms with Crippen molar-refractivity contribution in [2.75, 3.05) is 13.1 Å². The summed E-state index contributed by atoms with van der Waals surface area (Å²) in [6, 6.07) is 7.70. The lowest BCUT2D eigenvalue weighted by Gasteiger charge is -2.19. The quantitative estimate of drug-likeness (QED) is 0.811. The number of hydrogen-bond acceptors (Lipinski definition) is 5. The van der Waals surface area contributed by atoms with E-state index < -0.39 is 15.6 Å². The summed E-state index contributed by atoms with van der Waals surface area (Å²) >= 11 is 6.05. The lowest BCUT2D eigenvalue weighted by molar-refractivity contribution is 0.213. The Hall–Kier alpha value is -1.83. The van der Waals surface area contributed by atoms with Crippen LogP contribution in [0.3, 0.4) is 0 Å². The second-order valence-electron chi connectivity index (χ2n) is 5.98. The van der Waals surface area contributed by atoms with Gasteiger partial charge in [0.1, 0.15) is 17.6 Å². The van der Waals surface area contributed by atoms with Crippen LogP contribution in [-0.4, -0.2) is 31.9 Å². The zero-order chi connectivity index (χ0) is 18.2. The number of ether oxygens (including phenoxy) is 1. The van der Waals surface area contributed by atoms with E-state index in [0.717, 1.165) is 0 Å². The number of benzene rings is 1. The van der Waals surface area contributed by atoms with E-state index >= 15 is 0 Å². The van der Waals surface area contributed by atoms with E-state index in [9.17, 15) is 13.2 Å². The molecule has 0 spiro atoms. The number of rotatable bonds is 4. The SMILES string of the molecule is Cc1cc(OC2CCN(S(=O)(=O)c3cccc(Cl)c3C)C2)cc(=O)o1. The second-order valence-corrected chi connectivity index (χ2v) is 8.29. The first-order valence-electron chi connectivity index (χ1n) is 7.81. The summed E-state index contributed by atoms with van der Waals surface area (Å²) in [5.74, 6) is 0.830. The van der Waals surface area contributed by atoms with Crippen LogP contribution in [0.2, 0.25) is 5.02 Å². The van der Waals surface area contributed by atoms with Gasteiger partial charge in [-0.1, -0.05) is 17.7 Å². The van der Waals surface area contributed by atoms with E-state index in [0.29, 0.717) is 35.1 Å². The molecule has 1 aliphatic heterocycles. The van der Waals surface area contributed by atoms with Crippen LogP contribution in [0.1, 0.15) is 17.7 Å². The van der Waals surface area contributed by atoms with Gasteiger partial charge in [-0.25, -0.2) is 13.2 Å². The Morgan fingerprint density at radius 3 is 2.76 bits per heavy atom. The zero-order valence-electron chi connectivity index (χ0n) is 13.9. The highest BCUT2D eigenvalue weighted by Gasteiger charge is 2.34. The number of aryl methyl sites for hydroxylation is 1. The first-order chi connectivity index (χ1) is 11.8. The van der Waals surface area contributed by atoms with Crippen molar-refractivity contribution >= 4 is 21.6 Å². The molecule has 1 fully saturated rings. The minimum Gasteiger partial charge on any atom is -0.489 e. The molecule has 8 heteroatoms. The summed E-state index contributed by atoms with van der Waals surface area (Å²) in [5, 5.41) is 0.416. The van der Waals surface area contributed by atoms with Crippen LogP contribution in [-0.2, 0) is 10.0 Å². The maximum Gasteiger partial charge on any atom is 0.339 e. The molecule has 1 saturated heterocycles. The molecular weight excluding hydrogens is 366 g/mol. The second kappa shape index (κ2) is 6.82. The summed E-state index contributed by atoms with van der Waals surface area (Å²) in [5.41, 5.74) is 0.0388. The molecule has 25 heavy (non-hydrogen) atoms. The van der Waals surface area contributed by atoms with Gasteiger partial charge < -0.3 is 9.15 Å². The molecule has 2 heterocycles. The normalized spacial score (nSPS) is 18.4. The molecule has 1 aromatic heterocycles. The van der Waals surface area contributed by atoms with Crippen LogP contribution < -0.4 is 10.4 Å². The van der Waals surface area contributed by atoms with Gasteiger partial charge in [0.05, 0.1) is 17.5 Å². The molecule has 1 unspecified atom stereocenters. The molecule has 134 valence electrons. The standard InChI is InChI=1S/C17H18ClNO5S/c1-11-8-14(9-17(20)23-11)24-13-6-7-19(10-13)25(21,22)16-5-3-4-15(18)12(16)2/h3-5,8-9,13H,6-7,10H2,1-2H3. The van der Waals surface area contributed by atoms with E-state index in [4.69, 9.17) is 20.8 Å². The van der Waals surface area contributed by atoms with Crippen molar-refractivity contribution in [1.29, 1.82) is 0 Å². The molecule has 0 saturated carbocycles. The Morgan fingerprint density at radius 1 is 1.28 bits per heavy atom. The highest BCUT2D eigenvalue weighted by atomic mass is 35.5. The number of hydrogen-bond donors (Lipinski definition) is 0. The number of halogens is 1. The van der Waals surface area contributed by atoms with Crippen molar-refractivity contribution in [2.45, 2.75) is 31.3 Å². The average Bonchev–Trinajstić information content (AvgIpc) is 2.98. The Morgan fingerprint density at radius 2 is 2.04 bits per heavy atom. The van der Waals surface area contributed by atoms with Crippen molar-refractivity contribution < 1.29 is 17.6 Å². The van der Waals surface area contributed by atoms with Crippen LogP contribution in [0.15, 0.2) is 44.4 Å². The number of nitrogens with zero attached hydrogens (tertiary/aromatic N) is 1. The summed E-state index contributed by atoms with van der Waals surface area (Å²) in [6.45, 7) is 3.90. The monoisotopic (exact) mass is 383 g/mol. The molecule has 0 aliphatic carbocycles. The fourth-order valence-electron chi connectivity index (χ4n) is 2.85. The fraction of sp³-hybridized carbons (Fsp3) is 0.353. The van der Waals surface area contributed by atoms with Crippen molar-refractivity contribution in [3.05, 3.63) is 57.1 Å². The van der Waals surface area contributed by atoms with Gasteiger partial charge in [-0.05, 0) is 38.0 Å². The Kier molecular flexibility index (Phi) is 4.90. The molecule has 1 aromatic carbocycles.